The maximum Gasteiger partial charge on any atom is 0.184 e. The molecule has 0 amide bonds. The molecule has 0 saturated carbocycles. The van der Waals surface area contributed by atoms with Gasteiger partial charge in [0.15, 0.2) is 8.32 Å². The minimum Gasteiger partial charge on any atom is -0.410 e. The van der Waals surface area contributed by atoms with E-state index in [2.05, 4.69) is 80.3 Å². The van der Waals surface area contributed by atoms with Gasteiger partial charge < -0.3 is 4.43 Å². The Labute approximate surface area is 117 Å². The molecule has 1 atom stereocenters. The smallest absolute Gasteiger partial charge is 0.184 e. The molecule has 2 heteroatoms. The van der Waals surface area contributed by atoms with Gasteiger partial charge in [-0.05, 0) is 30.8 Å². The maximum absolute atomic E-state index is 6.37. The van der Waals surface area contributed by atoms with Crippen molar-refractivity contribution < 1.29 is 4.43 Å². The lowest BCUT2D eigenvalue weighted by molar-refractivity contribution is 0.198. The first-order valence-electron chi connectivity index (χ1n) is 6.81. The summed E-state index contributed by atoms with van der Waals surface area (Å²) >= 11 is 0. The molecule has 0 aliphatic carbocycles. The summed E-state index contributed by atoms with van der Waals surface area (Å²) in [5.41, 5.74) is 2.60. The van der Waals surface area contributed by atoms with Crippen LogP contribution in [-0.4, -0.2) is 8.32 Å². The summed E-state index contributed by atoms with van der Waals surface area (Å²) in [6.45, 7) is 6.73. The summed E-state index contributed by atoms with van der Waals surface area (Å²) in [6, 6.07) is 21.1. The van der Waals surface area contributed by atoms with Gasteiger partial charge in [-0.25, -0.2) is 0 Å². The third-order valence-corrected chi connectivity index (χ3v) is 3.92. The lowest BCUT2D eigenvalue weighted by Crippen LogP contribution is -2.28. The molecule has 1 nitrogen and oxygen atoms in total. The first-order chi connectivity index (χ1) is 9.04. The van der Waals surface area contributed by atoms with Crippen LogP contribution >= 0.6 is 0 Å². The van der Waals surface area contributed by atoms with Crippen LogP contribution in [0.5, 0.6) is 0 Å². The third-order valence-electron chi connectivity index (χ3n) is 2.93. The zero-order valence-corrected chi connectivity index (χ0v) is 13.0. The van der Waals surface area contributed by atoms with Gasteiger partial charge in [0, 0.05) is 6.42 Å². The highest BCUT2D eigenvalue weighted by Gasteiger charge is 2.22. The fraction of sp³-hybridized carbons (Fsp3) is 0.294. The molecule has 2 aromatic carbocycles. The predicted molar refractivity (Wildman–Crippen MR) is 83.8 cm³/mol. The molecule has 0 aliphatic heterocycles. The molecule has 2 rings (SSSR count). The van der Waals surface area contributed by atoms with E-state index >= 15 is 0 Å². The first-order valence-corrected chi connectivity index (χ1v) is 10.2. The van der Waals surface area contributed by atoms with E-state index in [0.717, 1.165) is 6.42 Å². The third kappa shape index (κ3) is 4.65. The van der Waals surface area contributed by atoms with Gasteiger partial charge in [0.1, 0.15) is 0 Å². The Morgan fingerprint density at radius 1 is 0.842 bits per heavy atom. The molecule has 0 bridgehead atoms. The lowest BCUT2D eigenvalue weighted by Gasteiger charge is -2.27. The van der Waals surface area contributed by atoms with Crippen LogP contribution in [0.1, 0.15) is 17.2 Å². The van der Waals surface area contributed by atoms with Gasteiger partial charge in [-0.2, -0.15) is 0 Å². The summed E-state index contributed by atoms with van der Waals surface area (Å²) in [4.78, 5) is 0. The molecule has 0 aromatic heterocycles. The molecule has 2 aromatic rings. The predicted octanol–water partition coefficient (Wildman–Crippen LogP) is 4.82. The number of rotatable bonds is 5. The molecule has 0 N–H and O–H groups in total. The minimum absolute atomic E-state index is 0.162. The fourth-order valence-corrected chi connectivity index (χ4v) is 3.22. The molecule has 0 spiro atoms. The van der Waals surface area contributed by atoms with Gasteiger partial charge in [0.25, 0.3) is 0 Å². The SMILES string of the molecule is C[Si](C)(C)O[C@@H](Cc1ccccc1)c1ccccc1. The average Bonchev–Trinajstić information content (AvgIpc) is 2.39. The Kier molecular flexibility index (Phi) is 4.56. The Hall–Kier alpha value is -1.38. The van der Waals surface area contributed by atoms with Crippen molar-refractivity contribution >= 4 is 8.32 Å². The summed E-state index contributed by atoms with van der Waals surface area (Å²) < 4.78 is 6.37. The van der Waals surface area contributed by atoms with Crippen LogP contribution in [0.4, 0.5) is 0 Å². The van der Waals surface area contributed by atoms with Crippen molar-refractivity contribution in [1.82, 2.24) is 0 Å². The monoisotopic (exact) mass is 270 g/mol. The van der Waals surface area contributed by atoms with E-state index in [4.69, 9.17) is 4.43 Å². The number of hydrogen-bond acceptors (Lipinski definition) is 1. The highest BCUT2D eigenvalue weighted by Crippen LogP contribution is 2.26. The van der Waals surface area contributed by atoms with Crippen LogP contribution in [-0.2, 0) is 10.8 Å². The minimum atomic E-state index is -1.56. The van der Waals surface area contributed by atoms with Crippen molar-refractivity contribution in [3.8, 4) is 0 Å². The first kappa shape index (κ1) is 14.0. The summed E-state index contributed by atoms with van der Waals surface area (Å²) in [6.07, 6.45) is 1.10. The standard InChI is InChI=1S/C17H22OSi/c1-19(2,3)18-17(16-12-8-5-9-13-16)14-15-10-6-4-7-11-15/h4-13,17H,14H2,1-3H3/t17-/m0/s1. The largest absolute Gasteiger partial charge is 0.410 e. The average molecular weight is 270 g/mol. The topological polar surface area (TPSA) is 9.23 Å². The van der Waals surface area contributed by atoms with Crippen molar-refractivity contribution in [1.29, 1.82) is 0 Å². The number of hydrogen-bond donors (Lipinski definition) is 0. The van der Waals surface area contributed by atoms with Crippen LogP contribution in [0.3, 0.4) is 0 Å². The van der Waals surface area contributed by atoms with Crippen LogP contribution in [0.15, 0.2) is 60.7 Å². The van der Waals surface area contributed by atoms with E-state index in [9.17, 15) is 0 Å². The Balaban J connectivity index is 2.20. The molecule has 0 unspecified atom stereocenters. The molecule has 0 saturated heterocycles. The molecular weight excluding hydrogens is 248 g/mol. The van der Waals surface area contributed by atoms with Crippen molar-refractivity contribution in [3.63, 3.8) is 0 Å². The second-order valence-corrected chi connectivity index (χ2v) is 10.3. The van der Waals surface area contributed by atoms with Gasteiger partial charge in [0.2, 0.25) is 0 Å². The van der Waals surface area contributed by atoms with E-state index in [0.29, 0.717) is 0 Å². The van der Waals surface area contributed by atoms with Gasteiger partial charge in [-0.3, -0.25) is 0 Å². The Bertz CT molecular complexity index is 488. The molecule has 100 valence electrons. The van der Waals surface area contributed by atoms with Gasteiger partial charge >= 0.3 is 0 Å². The quantitative estimate of drug-likeness (QED) is 0.708. The van der Waals surface area contributed by atoms with E-state index in [1.165, 1.54) is 11.1 Å². The van der Waals surface area contributed by atoms with Gasteiger partial charge in [-0.15, -0.1) is 0 Å². The van der Waals surface area contributed by atoms with Gasteiger partial charge in [-0.1, -0.05) is 60.7 Å². The van der Waals surface area contributed by atoms with Crippen LogP contribution in [0.25, 0.3) is 0 Å². The molecule has 19 heavy (non-hydrogen) atoms. The van der Waals surface area contributed by atoms with Crippen molar-refractivity contribution in [3.05, 3.63) is 71.8 Å². The van der Waals surface area contributed by atoms with Crippen molar-refractivity contribution in [2.24, 2.45) is 0 Å². The summed E-state index contributed by atoms with van der Waals surface area (Å²) in [7, 11) is -1.56. The molecule has 0 radical (unpaired) electrons. The molecule has 0 aliphatic rings. The highest BCUT2D eigenvalue weighted by molar-refractivity contribution is 6.69. The zero-order valence-electron chi connectivity index (χ0n) is 12.0. The zero-order chi connectivity index (χ0) is 13.7. The van der Waals surface area contributed by atoms with Crippen molar-refractivity contribution in [2.75, 3.05) is 0 Å². The molecule has 0 fully saturated rings. The maximum atomic E-state index is 6.37. The van der Waals surface area contributed by atoms with E-state index in [1.54, 1.807) is 0 Å². The fourth-order valence-electron chi connectivity index (χ4n) is 2.15. The molecule has 0 heterocycles. The van der Waals surface area contributed by atoms with E-state index < -0.39 is 8.32 Å². The molecular formula is C17H22OSi. The number of benzene rings is 2. The lowest BCUT2D eigenvalue weighted by atomic mass is 10.0. The Morgan fingerprint density at radius 3 is 1.89 bits per heavy atom. The van der Waals surface area contributed by atoms with E-state index in [-0.39, 0.29) is 6.10 Å². The highest BCUT2D eigenvalue weighted by atomic mass is 28.4. The van der Waals surface area contributed by atoms with E-state index in [1.807, 2.05) is 0 Å². The van der Waals surface area contributed by atoms with Crippen LogP contribution < -0.4 is 0 Å². The van der Waals surface area contributed by atoms with Gasteiger partial charge in [0.05, 0.1) is 6.10 Å². The van der Waals surface area contributed by atoms with Crippen molar-refractivity contribution in [2.45, 2.75) is 32.2 Å². The second kappa shape index (κ2) is 6.18. The van der Waals surface area contributed by atoms with Crippen LogP contribution in [0.2, 0.25) is 19.6 Å². The normalized spacial score (nSPS) is 13.2. The Morgan fingerprint density at radius 2 is 1.37 bits per heavy atom. The second-order valence-electron chi connectivity index (χ2n) is 5.82. The summed E-state index contributed by atoms with van der Waals surface area (Å²) in [5, 5.41) is 0. The van der Waals surface area contributed by atoms with Crippen LogP contribution in [0, 0.1) is 0 Å². The summed E-state index contributed by atoms with van der Waals surface area (Å²) in [5.74, 6) is 0.